The fourth-order valence-corrected chi connectivity index (χ4v) is 1.38. The van der Waals surface area contributed by atoms with Crippen LogP contribution < -0.4 is 0 Å². The maximum atomic E-state index is 10.7. The third-order valence-corrected chi connectivity index (χ3v) is 2.17. The Morgan fingerprint density at radius 2 is 1.92 bits per heavy atom. The first-order valence-corrected chi connectivity index (χ1v) is 5.37. The van der Waals surface area contributed by atoms with Crippen LogP contribution in [0.25, 0.3) is 0 Å². The highest BCUT2D eigenvalue weighted by Gasteiger charge is 2.08. The SMILES string of the molecule is CCCCCC[C@@H](CC)OC(C)=O. The molecule has 0 aromatic heterocycles. The van der Waals surface area contributed by atoms with Crippen molar-refractivity contribution in [1.82, 2.24) is 0 Å². The van der Waals surface area contributed by atoms with Crippen molar-refractivity contribution in [1.29, 1.82) is 0 Å². The van der Waals surface area contributed by atoms with E-state index in [1.165, 1.54) is 32.6 Å². The van der Waals surface area contributed by atoms with Crippen LogP contribution in [-0.4, -0.2) is 12.1 Å². The van der Waals surface area contributed by atoms with Crippen molar-refractivity contribution in [3.63, 3.8) is 0 Å². The van der Waals surface area contributed by atoms with Crippen LogP contribution in [0.2, 0.25) is 0 Å². The van der Waals surface area contributed by atoms with Crippen LogP contribution in [0.5, 0.6) is 0 Å². The largest absolute Gasteiger partial charge is 0.463 e. The highest BCUT2D eigenvalue weighted by Crippen LogP contribution is 2.10. The molecule has 2 heteroatoms. The van der Waals surface area contributed by atoms with Crippen molar-refractivity contribution >= 4 is 5.97 Å². The Morgan fingerprint density at radius 3 is 2.38 bits per heavy atom. The second-order valence-electron chi connectivity index (χ2n) is 3.49. The molecule has 0 aromatic carbocycles. The van der Waals surface area contributed by atoms with Gasteiger partial charge in [0, 0.05) is 6.92 Å². The lowest BCUT2D eigenvalue weighted by Crippen LogP contribution is -2.14. The number of carbonyl (C=O) groups is 1. The predicted octanol–water partition coefficient (Wildman–Crippen LogP) is 3.30. The van der Waals surface area contributed by atoms with Gasteiger partial charge in [-0.05, 0) is 19.3 Å². The number of rotatable bonds is 7. The molecule has 1 atom stereocenters. The third kappa shape index (κ3) is 7.82. The second-order valence-corrected chi connectivity index (χ2v) is 3.49. The van der Waals surface area contributed by atoms with Crippen LogP contribution in [0.4, 0.5) is 0 Å². The number of ether oxygens (including phenoxy) is 1. The summed E-state index contributed by atoms with van der Waals surface area (Å²) in [6, 6.07) is 0. The summed E-state index contributed by atoms with van der Waals surface area (Å²) >= 11 is 0. The number of esters is 1. The molecule has 0 heterocycles. The van der Waals surface area contributed by atoms with Crippen molar-refractivity contribution in [2.45, 2.75) is 65.4 Å². The molecule has 78 valence electrons. The normalized spacial score (nSPS) is 12.5. The fraction of sp³-hybridized carbons (Fsp3) is 0.909. The van der Waals surface area contributed by atoms with Gasteiger partial charge in [-0.15, -0.1) is 0 Å². The van der Waals surface area contributed by atoms with Gasteiger partial charge >= 0.3 is 5.97 Å². The summed E-state index contributed by atoms with van der Waals surface area (Å²) in [6.45, 7) is 5.74. The molecule has 0 saturated carbocycles. The van der Waals surface area contributed by atoms with Gasteiger partial charge in [-0.1, -0.05) is 33.1 Å². The van der Waals surface area contributed by atoms with Crippen molar-refractivity contribution in [2.75, 3.05) is 0 Å². The Bertz CT molecular complexity index is 132. The quantitative estimate of drug-likeness (QED) is 0.450. The van der Waals surface area contributed by atoms with Gasteiger partial charge in [0.2, 0.25) is 0 Å². The number of unbranched alkanes of at least 4 members (excludes halogenated alkanes) is 3. The molecule has 0 saturated heterocycles. The van der Waals surface area contributed by atoms with Gasteiger partial charge < -0.3 is 4.74 Å². The minimum Gasteiger partial charge on any atom is -0.463 e. The van der Waals surface area contributed by atoms with Crippen molar-refractivity contribution in [3.05, 3.63) is 0 Å². The van der Waals surface area contributed by atoms with E-state index in [-0.39, 0.29) is 12.1 Å². The van der Waals surface area contributed by atoms with E-state index in [2.05, 4.69) is 13.8 Å². The molecule has 0 rings (SSSR count). The molecular weight excluding hydrogens is 164 g/mol. The molecule has 0 bridgehead atoms. The molecule has 0 aromatic rings. The van der Waals surface area contributed by atoms with Gasteiger partial charge in [0.25, 0.3) is 0 Å². The van der Waals surface area contributed by atoms with Gasteiger partial charge in [-0.3, -0.25) is 4.79 Å². The maximum Gasteiger partial charge on any atom is 0.302 e. The first-order chi connectivity index (χ1) is 6.20. The monoisotopic (exact) mass is 186 g/mol. The molecule has 2 nitrogen and oxygen atoms in total. The fourth-order valence-electron chi connectivity index (χ4n) is 1.38. The van der Waals surface area contributed by atoms with Gasteiger partial charge in [0.05, 0.1) is 0 Å². The first kappa shape index (κ1) is 12.5. The number of carbonyl (C=O) groups excluding carboxylic acids is 1. The van der Waals surface area contributed by atoms with Crippen molar-refractivity contribution in [2.24, 2.45) is 0 Å². The number of hydrogen-bond donors (Lipinski definition) is 0. The predicted molar refractivity (Wildman–Crippen MR) is 54.6 cm³/mol. The van der Waals surface area contributed by atoms with Gasteiger partial charge in [-0.25, -0.2) is 0 Å². The molecule has 0 aliphatic carbocycles. The second kappa shape index (κ2) is 8.09. The molecular formula is C11H22O2. The summed E-state index contributed by atoms with van der Waals surface area (Å²) in [6.07, 6.45) is 7.09. The topological polar surface area (TPSA) is 26.3 Å². The minimum absolute atomic E-state index is 0.148. The van der Waals surface area contributed by atoms with Gasteiger partial charge in [-0.2, -0.15) is 0 Å². The molecule has 0 spiro atoms. The van der Waals surface area contributed by atoms with E-state index in [1.54, 1.807) is 0 Å². The molecule has 0 amide bonds. The molecule has 0 fully saturated rings. The maximum absolute atomic E-state index is 10.7. The molecule has 0 unspecified atom stereocenters. The van der Waals surface area contributed by atoms with Crippen LogP contribution in [0.1, 0.15) is 59.3 Å². The lowest BCUT2D eigenvalue weighted by molar-refractivity contribution is -0.146. The summed E-state index contributed by atoms with van der Waals surface area (Å²) < 4.78 is 5.14. The highest BCUT2D eigenvalue weighted by molar-refractivity contribution is 5.66. The Balaban J connectivity index is 3.42. The lowest BCUT2D eigenvalue weighted by Gasteiger charge is -2.14. The van der Waals surface area contributed by atoms with Crippen LogP contribution in [0, 0.1) is 0 Å². The van der Waals surface area contributed by atoms with E-state index in [9.17, 15) is 4.79 Å². The zero-order chi connectivity index (χ0) is 10.1. The summed E-state index contributed by atoms with van der Waals surface area (Å²) in [5.74, 6) is -0.151. The van der Waals surface area contributed by atoms with Crippen LogP contribution >= 0.6 is 0 Å². The Labute approximate surface area is 81.7 Å². The van der Waals surface area contributed by atoms with E-state index in [1.807, 2.05) is 0 Å². The summed E-state index contributed by atoms with van der Waals surface area (Å²) in [5, 5.41) is 0. The Hall–Kier alpha value is -0.530. The van der Waals surface area contributed by atoms with Crippen molar-refractivity contribution < 1.29 is 9.53 Å². The smallest absolute Gasteiger partial charge is 0.302 e. The highest BCUT2D eigenvalue weighted by atomic mass is 16.5. The van der Waals surface area contributed by atoms with Crippen LogP contribution in [0.15, 0.2) is 0 Å². The average molecular weight is 186 g/mol. The third-order valence-electron chi connectivity index (χ3n) is 2.17. The molecule has 0 N–H and O–H groups in total. The van der Waals surface area contributed by atoms with Gasteiger partial charge in [0.15, 0.2) is 0 Å². The van der Waals surface area contributed by atoms with E-state index in [4.69, 9.17) is 4.74 Å². The average Bonchev–Trinajstić information content (AvgIpc) is 2.09. The Morgan fingerprint density at radius 1 is 1.23 bits per heavy atom. The summed E-state index contributed by atoms with van der Waals surface area (Å²) in [5.41, 5.74) is 0. The standard InChI is InChI=1S/C11H22O2/c1-4-6-7-8-9-11(5-2)13-10(3)12/h11H,4-9H2,1-3H3/t11-/m1/s1. The van der Waals surface area contributed by atoms with Crippen LogP contribution in [-0.2, 0) is 9.53 Å². The van der Waals surface area contributed by atoms with Crippen LogP contribution in [0.3, 0.4) is 0 Å². The van der Waals surface area contributed by atoms with E-state index in [0.29, 0.717) is 0 Å². The lowest BCUT2D eigenvalue weighted by atomic mass is 10.1. The molecule has 0 aliphatic heterocycles. The zero-order valence-corrected chi connectivity index (χ0v) is 9.14. The van der Waals surface area contributed by atoms with Gasteiger partial charge in [0.1, 0.15) is 6.10 Å². The van der Waals surface area contributed by atoms with E-state index in [0.717, 1.165) is 12.8 Å². The first-order valence-electron chi connectivity index (χ1n) is 5.37. The molecule has 13 heavy (non-hydrogen) atoms. The zero-order valence-electron chi connectivity index (χ0n) is 9.14. The van der Waals surface area contributed by atoms with Crippen molar-refractivity contribution in [3.8, 4) is 0 Å². The molecule has 0 aliphatic rings. The number of hydrogen-bond acceptors (Lipinski definition) is 2. The summed E-state index contributed by atoms with van der Waals surface area (Å²) in [4.78, 5) is 10.7. The summed E-state index contributed by atoms with van der Waals surface area (Å²) in [7, 11) is 0. The van der Waals surface area contributed by atoms with E-state index < -0.39 is 0 Å². The molecule has 0 radical (unpaired) electrons. The van der Waals surface area contributed by atoms with E-state index >= 15 is 0 Å². The minimum atomic E-state index is -0.151. The Kier molecular flexibility index (Phi) is 7.76.